The van der Waals surface area contributed by atoms with Crippen molar-refractivity contribution >= 4 is 11.9 Å². The van der Waals surface area contributed by atoms with Gasteiger partial charge in [0.05, 0.1) is 0 Å². The predicted octanol–water partition coefficient (Wildman–Crippen LogP) is 6.07. The molecule has 4 aromatic rings. The minimum Gasteiger partial charge on any atom is -0.391 e. The van der Waals surface area contributed by atoms with Crippen LogP contribution in [0, 0.1) is 0 Å². The maximum atomic E-state index is 13.8. The molecule has 3 heteroatoms. The van der Waals surface area contributed by atoms with Crippen LogP contribution in [0.2, 0.25) is 0 Å². The summed E-state index contributed by atoms with van der Waals surface area (Å²) < 4.78 is 5.53. The monoisotopic (exact) mass is 434 g/mol. The number of benzene rings is 4. The van der Waals surface area contributed by atoms with Gasteiger partial charge in [-0.25, -0.2) is 0 Å². The minimum atomic E-state index is -1.38. The zero-order chi connectivity index (χ0) is 23.3. The van der Waals surface area contributed by atoms with Gasteiger partial charge in [0.2, 0.25) is 0 Å². The lowest BCUT2D eigenvalue weighted by Gasteiger charge is -2.42. The first-order chi connectivity index (χ1) is 16.2. The van der Waals surface area contributed by atoms with Crippen LogP contribution in [0.4, 0.5) is 0 Å². The van der Waals surface area contributed by atoms with Gasteiger partial charge in [-0.1, -0.05) is 135 Å². The van der Waals surface area contributed by atoms with Gasteiger partial charge >= 0.3 is 11.9 Å². The third-order valence-corrected chi connectivity index (χ3v) is 6.19. The van der Waals surface area contributed by atoms with Crippen molar-refractivity contribution in [1.82, 2.24) is 0 Å². The number of ether oxygens (including phenoxy) is 1. The minimum absolute atomic E-state index is 0.567. The molecule has 1 saturated heterocycles. The maximum absolute atomic E-state index is 13.8. The van der Waals surface area contributed by atoms with Gasteiger partial charge in [0, 0.05) is 0 Å². The molecular weight excluding hydrogens is 408 g/mol. The fourth-order valence-electron chi connectivity index (χ4n) is 4.97. The van der Waals surface area contributed by atoms with Gasteiger partial charge in [0.15, 0.2) is 0 Å². The predicted molar refractivity (Wildman–Crippen MR) is 130 cm³/mol. The fraction of sp³-hybridized carbons (Fsp3) is 0.133. The molecule has 164 valence electrons. The van der Waals surface area contributed by atoms with Crippen molar-refractivity contribution < 1.29 is 14.3 Å². The third kappa shape index (κ3) is 3.20. The molecule has 1 fully saturated rings. The number of hydrogen-bond donors (Lipinski definition) is 0. The lowest BCUT2D eigenvalue weighted by Crippen LogP contribution is -2.53. The van der Waals surface area contributed by atoms with Crippen molar-refractivity contribution in [1.29, 1.82) is 0 Å². The van der Waals surface area contributed by atoms with E-state index < -0.39 is 22.8 Å². The van der Waals surface area contributed by atoms with Crippen LogP contribution in [0.25, 0.3) is 0 Å². The summed E-state index contributed by atoms with van der Waals surface area (Å²) in [6, 6.07) is 37.9. The molecule has 0 radical (unpaired) electrons. The second kappa shape index (κ2) is 9.25. The Morgan fingerprint density at radius 3 is 0.848 bits per heavy atom. The standard InChI is InChI=1S/C28H20O3.C2H6/c29-25-27(21-13-5-1-6-14-21,22-15-7-2-8-16-22)28(26(30)31-25,23-17-9-3-10-18-23)24-19-11-4-12-20-24;1-2/h1-20H;1-2H3. The Hall–Kier alpha value is -3.98. The van der Waals surface area contributed by atoms with E-state index in [9.17, 15) is 9.59 Å². The van der Waals surface area contributed by atoms with Crippen molar-refractivity contribution in [2.45, 2.75) is 24.7 Å². The van der Waals surface area contributed by atoms with E-state index in [1.165, 1.54) is 0 Å². The van der Waals surface area contributed by atoms with Crippen LogP contribution in [-0.4, -0.2) is 11.9 Å². The maximum Gasteiger partial charge on any atom is 0.330 e. The quantitative estimate of drug-likeness (QED) is 0.289. The first-order valence-electron chi connectivity index (χ1n) is 11.2. The molecule has 0 aliphatic carbocycles. The SMILES string of the molecule is CC.O=C1OC(=O)C(c2ccccc2)(c2ccccc2)C1(c1ccccc1)c1ccccc1. The van der Waals surface area contributed by atoms with Crippen LogP contribution in [0.1, 0.15) is 36.1 Å². The Morgan fingerprint density at radius 1 is 0.424 bits per heavy atom. The zero-order valence-electron chi connectivity index (χ0n) is 18.8. The van der Waals surface area contributed by atoms with Gasteiger partial charge in [-0.3, -0.25) is 9.59 Å². The molecular formula is C30H26O3. The highest BCUT2D eigenvalue weighted by Crippen LogP contribution is 2.57. The van der Waals surface area contributed by atoms with Crippen LogP contribution in [0.3, 0.4) is 0 Å². The molecule has 0 aromatic heterocycles. The van der Waals surface area contributed by atoms with Crippen LogP contribution in [0.15, 0.2) is 121 Å². The van der Waals surface area contributed by atoms with Crippen molar-refractivity contribution in [2.75, 3.05) is 0 Å². The van der Waals surface area contributed by atoms with Gasteiger partial charge in [-0.2, -0.15) is 0 Å². The van der Waals surface area contributed by atoms with E-state index in [2.05, 4.69) is 0 Å². The molecule has 4 aromatic carbocycles. The van der Waals surface area contributed by atoms with Crippen molar-refractivity contribution in [3.63, 3.8) is 0 Å². The Bertz CT molecular complexity index is 1040. The van der Waals surface area contributed by atoms with Gasteiger partial charge < -0.3 is 4.74 Å². The molecule has 0 bridgehead atoms. The zero-order valence-corrected chi connectivity index (χ0v) is 18.8. The number of carbonyl (C=O) groups excluding carboxylic acids is 2. The second-order valence-electron chi connectivity index (χ2n) is 7.64. The van der Waals surface area contributed by atoms with Crippen LogP contribution < -0.4 is 0 Å². The molecule has 0 N–H and O–H groups in total. The molecule has 1 aliphatic heterocycles. The molecule has 1 aliphatic rings. The lowest BCUT2D eigenvalue weighted by molar-refractivity contribution is -0.154. The fourth-order valence-corrected chi connectivity index (χ4v) is 4.97. The smallest absolute Gasteiger partial charge is 0.330 e. The number of hydrogen-bond acceptors (Lipinski definition) is 3. The number of carbonyl (C=O) groups is 2. The van der Waals surface area contributed by atoms with E-state index in [1.54, 1.807) is 0 Å². The molecule has 0 atom stereocenters. The van der Waals surface area contributed by atoms with Crippen LogP contribution in [-0.2, 0) is 25.2 Å². The van der Waals surface area contributed by atoms with Crippen LogP contribution >= 0.6 is 0 Å². The summed E-state index contributed by atoms with van der Waals surface area (Å²) in [5, 5.41) is 0. The summed E-state index contributed by atoms with van der Waals surface area (Å²) in [6.45, 7) is 4.00. The molecule has 33 heavy (non-hydrogen) atoms. The van der Waals surface area contributed by atoms with E-state index >= 15 is 0 Å². The Morgan fingerprint density at radius 2 is 0.636 bits per heavy atom. The highest BCUT2D eigenvalue weighted by molar-refractivity contribution is 6.13. The van der Waals surface area contributed by atoms with E-state index in [4.69, 9.17) is 4.74 Å². The highest BCUT2D eigenvalue weighted by Gasteiger charge is 2.71. The number of rotatable bonds is 4. The normalized spacial score (nSPS) is 15.8. The highest BCUT2D eigenvalue weighted by atomic mass is 16.6. The largest absolute Gasteiger partial charge is 0.391 e. The average Bonchev–Trinajstić information content (AvgIpc) is 3.14. The van der Waals surface area contributed by atoms with Crippen LogP contribution in [0.5, 0.6) is 0 Å². The summed E-state index contributed by atoms with van der Waals surface area (Å²) >= 11 is 0. The van der Waals surface area contributed by atoms with E-state index in [-0.39, 0.29) is 0 Å². The van der Waals surface area contributed by atoms with Crippen molar-refractivity contribution in [3.8, 4) is 0 Å². The Balaban J connectivity index is 0.00000126. The van der Waals surface area contributed by atoms with Crippen molar-refractivity contribution in [3.05, 3.63) is 144 Å². The molecule has 3 nitrogen and oxygen atoms in total. The van der Waals surface area contributed by atoms with Gasteiger partial charge in [-0.05, 0) is 22.3 Å². The summed E-state index contributed by atoms with van der Waals surface area (Å²) in [5.74, 6) is -1.13. The summed E-state index contributed by atoms with van der Waals surface area (Å²) in [6.07, 6.45) is 0. The van der Waals surface area contributed by atoms with Gasteiger partial charge in [0.1, 0.15) is 10.8 Å². The van der Waals surface area contributed by atoms with E-state index in [0.717, 1.165) is 0 Å². The Kier molecular flexibility index (Phi) is 6.23. The summed E-state index contributed by atoms with van der Waals surface area (Å²) in [4.78, 5) is 27.7. The molecule has 0 amide bonds. The first-order valence-corrected chi connectivity index (χ1v) is 11.2. The molecule has 0 spiro atoms. The number of esters is 2. The molecule has 1 heterocycles. The van der Waals surface area contributed by atoms with E-state index in [1.807, 2.05) is 135 Å². The third-order valence-electron chi connectivity index (χ3n) is 6.19. The van der Waals surface area contributed by atoms with Crippen molar-refractivity contribution in [2.24, 2.45) is 0 Å². The summed E-state index contributed by atoms with van der Waals surface area (Å²) in [7, 11) is 0. The lowest BCUT2D eigenvalue weighted by atomic mass is 9.53. The topological polar surface area (TPSA) is 43.4 Å². The Labute approximate surface area is 194 Å². The molecule has 0 saturated carbocycles. The average molecular weight is 435 g/mol. The van der Waals surface area contributed by atoms with E-state index in [0.29, 0.717) is 22.3 Å². The number of cyclic esters (lactones) is 2. The summed E-state index contributed by atoms with van der Waals surface area (Å²) in [5.41, 5.74) is 0.0916. The first kappa shape index (κ1) is 22.2. The van der Waals surface area contributed by atoms with Gasteiger partial charge in [0.25, 0.3) is 0 Å². The molecule has 0 unspecified atom stereocenters. The van der Waals surface area contributed by atoms with Gasteiger partial charge in [-0.15, -0.1) is 0 Å². The second-order valence-corrected chi connectivity index (χ2v) is 7.64. The molecule has 5 rings (SSSR count).